The lowest BCUT2D eigenvalue weighted by Gasteiger charge is -2.07. The van der Waals surface area contributed by atoms with Gasteiger partial charge in [0.1, 0.15) is 11.6 Å². The summed E-state index contributed by atoms with van der Waals surface area (Å²) in [5, 5.41) is 4.38. The molecule has 0 aliphatic carbocycles. The summed E-state index contributed by atoms with van der Waals surface area (Å²) in [6.07, 6.45) is 0. The summed E-state index contributed by atoms with van der Waals surface area (Å²) >= 11 is 0. The second-order valence-corrected chi connectivity index (χ2v) is 4.52. The predicted molar refractivity (Wildman–Crippen MR) is 73.7 cm³/mol. The quantitative estimate of drug-likeness (QED) is 0.849. The number of rotatable bonds is 4. The molecule has 0 saturated heterocycles. The number of carbonyl (C=O) groups is 2. The molecule has 0 fully saturated rings. The van der Waals surface area contributed by atoms with Crippen molar-refractivity contribution in [2.24, 2.45) is 0 Å². The van der Waals surface area contributed by atoms with Crippen molar-refractivity contribution < 1.29 is 27.2 Å². The van der Waals surface area contributed by atoms with E-state index >= 15 is 0 Å². The van der Waals surface area contributed by atoms with Gasteiger partial charge in [-0.25, -0.2) is 17.6 Å². The molecule has 0 saturated carbocycles. The van der Waals surface area contributed by atoms with E-state index in [0.29, 0.717) is 6.07 Å². The first-order valence-electron chi connectivity index (χ1n) is 6.34. The van der Waals surface area contributed by atoms with Crippen LogP contribution in [0.25, 0.3) is 0 Å². The van der Waals surface area contributed by atoms with Crippen LogP contribution in [-0.4, -0.2) is 18.4 Å². The highest BCUT2D eigenvalue weighted by atomic mass is 19.2. The third-order valence-electron chi connectivity index (χ3n) is 2.74. The molecular formula is C15H10F4N2O2. The predicted octanol–water partition coefficient (Wildman–Crippen LogP) is 2.61. The monoisotopic (exact) mass is 326 g/mol. The molecule has 0 aliphatic rings. The van der Waals surface area contributed by atoms with E-state index in [1.54, 1.807) is 0 Å². The third kappa shape index (κ3) is 4.53. The number of hydrogen-bond donors (Lipinski definition) is 2. The van der Waals surface area contributed by atoms with Crippen LogP contribution in [0.1, 0.15) is 10.4 Å². The van der Waals surface area contributed by atoms with Crippen LogP contribution in [-0.2, 0) is 4.79 Å². The minimum Gasteiger partial charge on any atom is -0.343 e. The highest BCUT2D eigenvalue weighted by Gasteiger charge is 2.11. The van der Waals surface area contributed by atoms with E-state index < -0.39 is 41.6 Å². The van der Waals surface area contributed by atoms with Crippen molar-refractivity contribution >= 4 is 17.5 Å². The van der Waals surface area contributed by atoms with Crippen molar-refractivity contribution in [3.63, 3.8) is 0 Å². The van der Waals surface area contributed by atoms with Crippen molar-refractivity contribution in [3.05, 3.63) is 65.2 Å². The Morgan fingerprint density at radius 2 is 1.52 bits per heavy atom. The summed E-state index contributed by atoms with van der Waals surface area (Å²) in [6, 6.07) is 4.97. The Balaban J connectivity index is 1.93. The fourth-order valence-electron chi connectivity index (χ4n) is 1.73. The van der Waals surface area contributed by atoms with Gasteiger partial charge in [0.25, 0.3) is 5.91 Å². The van der Waals surface area contributed by atoms with Gasteiger partial charge in [-0.2, -0.15) is 0 Å². The molecule has 0 spiro atoms. The van der Waals surface area contributed by atoms with Gasteiger partial charge in [0, 0.05) is 23.4 Å². The maximum absolute atomic E-state index is 13.0. The molecule has 4 nitrogen and oxygen atoms in total. The Kier molecular flexibility index (Phi) is 4.95. The van der Waals surface area contributed by atoms with Crippen LogP contribution in [0.5, 0.6) is 0 Å². The summed E-state index contributed by atoms with van der Waals surface area (Å²) in [7, 11) is 0. The SMILES string of the molecule is O=C(CNC(=O)c1cc(F)cc(F)c1)Nc1ccc(F)c(F)c1. The zero-order valence-corrected chi connectivity index (χ0v) is 11.5. The molecule has 2 aromatic carbocycles. The summed E-state index contributed by atoms with van der Waals surface area (Å²) in [6.45, 7) is -0.518. The van der Waals surface area contributed by atoms with E-state index in [2.05, 4.69) is 10.6 Å². The zero-order valence-electron chi connectivity index (χ0n) is 11.5. The number of halogens is 4. The molecule has 2 N–H and O–H groups in total. The molecule has 8 heteroatoms. The first kappa shape index (κ1) is 16.5. The molecule has 0 atom stereocenters. The Bertz CT molecular complexity index is 745. The third-order valence-corrected chi connectivity index (χ3v) is 2.74. The van der Waals surface area contributed by atoms with Crippen LogP contribution in [0, 0.1) is 23.3 Å². The maximum Gasteiger partial charge on any atom is 0.251 e. The first-order valence-corrected chi connectivity index (χ1v) is 6.34. The Morgan fingerprint density at radius 1 is 0.870 bits per heavy atom. The number of nitrogens with one attached hydrogen (secondary N) is 2. The maximum atomic E-state index is 13.0. The van der Waals surface area contributed by atoms with Crippen molar-refractivity contribution in [2.75, 3.05) is 11.9 Å². The van der Waals surface area contributed by atoms with Crippen molar-refractivity contribution in [1.29, 1.82) is 0 Å². The largest absolute Gasteiger partial charge is 0.343 e. The fourth-order valence-corrected chi connectivity index (χ4v) is 1.73. The normalized spacial score (nSPS) is 10.3. The van der Waals surface area contributed by atoms with E-state index in [9.17, 15) is 27.2 Å². The second kappa shape index (κ2) is 6.91. The molecule has 120 valence electrons. The van der Waals surface area contributed by atoms with Crippen molar-refractivity contribution in [3.8, 4) is 0 Å². The average Bonchev–Trinajstić information content (AvgIpc) is 2.47. The minimum atomic E-state index is -1.14. The number of hydrogen-bond acceptors (Lipinski definition) is 2. The van der Waals surface area contributed by atoms with Crippen LogP contribution >= 0.6 is 0 Å². The number of anilines is 1. The van der Waals surface area contributed by atoms with Gasteiger partial charge in [-0.15, -0.1) is 0 Å². The van der Waals surface area contributed by atoms with Crippen LogP contribution < -0.4 is 10.6 Å². The molecule has 0 aromatic heterocycles. The Morgan fingerprint density at radius 3 is 2.13 bits per heavy atom. The second-order valence-electron chi connectivity index (χ2n) is 4.52. The zero-order chi connectivity index (χ0) is 17.0. The average molecular weight is 326 g/mol. The lowest BCUT2D eigenvalue weighted by Crippen LogP contribution is -2.33. The molecule has 0 unspecified atom stereocenters. The van der Waals surface area contributed by atoms with Crippen molar-refractivity contribution in [1.82, 2.24) is 5.32 Å². The molecule has 0 radical (unpaired) electrons. The molecule has 0 bridgehead atoms. The van der Waals surface area contributed by atoms with Gasteiger partial charge in [0.15, 0.2) is 11.6 Å². The van der Waals surface area contributed by atoms with E-state index in [1.165, 1.54) is 0 Å². The van der Waals surface area contributed by atoms with Crippen LogP contribution in [0.4, 0.5) is 23.2 Å². The van der Waals surface area contributed by atoms with Crippen LogP contribution in [0.3, 0.4) is 0 Å². The van der Waals surface area contributed by atoms with E-state index in [1.807, 2.05) is 0 Å². The molecule has 2 amide bonds. The van der Waals surface area contributed by atoms with Gasteiger partial charge >= 0.3 is 0 Å². The number of benzene rings is 2. The van der Waals surface area contributed by atoms with E-state index in [4.69, 9.17) is 0 Å². The number of carbonyl (C=O) groups excluding carboxylic acids is 2. The van der Waals surface area contributed by atoms with E-state index in [-0.39, 0.29) is 11.3 Å². The smallest absolute Gasteiger partial charge is 0.251 e. The summed E-state index contributed by atoms with van der Waals surface area (Å²) in [4.78, 5) is 23.3. The molecule has 2 aromatic rings. The van der Waals surface area contributed by atoms with E-state index in [0.717, 1.165) is 30.3 Å². The topological polar surface area (TPSA) is 58.2 Å². The van der Waals surface area contributed by atoms with Gasteiger partial charge in [-0.1, -0.05) is 0 Å². The highest BCUT2D eigenvalue weighted by molar-refractivity contribution is 5.99. The molecule has 0 heterocycles. The summed E-state index contributed by atoms with van der Waals surface area (Å²) in [5.74, 6) is -5.64. The number of amides is 2. The standard InChI is InChI=1S/C15H10F4N2O2/c16-9-3-8(4-10(17)5-9)15(23)20-7-14(22)21-11-1-2-12(18)13(19)6-11/h1-6H,7H2,(H,20,23)(H,21,22). The van der Waals surface area contributed by atoms with Gasteiger partial charge in [-0.05, 0) is 24.3 Å². The lowest BCUT2D eigenvalue weighted by molar-refractivity contribution is -0.115. The van der Waals surface area contributed by atoms with Gasteiger partial charge in [0.05, 0.1) is 6.54 Å². The van der Waals surface area contributed by atoms with Crippen LogP contribution in [0.15, 0.2) is 36.4 Å². The van der Waals surface area contributed by atoms with Gasteiger partial charge in [-0.3, -0.25) is 9.59 Å². The van der Waals surface area contributed by atoms with Gasteiger partial charge in [0.2, 0.25) is 5.91 Å². The van der Waals surface area contributed by atoms with Crippen molar-refractivity contribution in [2.45, 2.75) is 0 Å². The summed E-state index contributed by atoms with van der Waals surface area (Å²) in [5.41, 5.74) is -0.289. The van der Waals surface area contributed by atoms with Crippen LogP contribution in [0.2, 0.25) is 0 Å². The minimum absolute atomic E-state index is 0.0000472. The van der Waals surface area contributed by atoms with Gasteiger partial charge < -0.3 is 10.6 Å². The summed E-state index contributed by atoms with van der Waals surface area (Å²) < 4.78 is 51.7. The lowest BCUT2D eigenvalue weighted by atomic mass is 10.2. The highest BCUT2D eigenvalue weighted by Crippen LogP contribution is 2.13. The Hall–Kier alpha value is -2.90. The first-order chi connectivity index (χ1) is 10.8. The fraction of sp³-hybridized carbons (Fsp3) is 0.0667. The Labute approximate surface area is 128 Å². The molecule has 0 aliphatic heterocycles. The molecule has 23 heavy (non-hydrogen) atoms. The molecule has 2 rings (SSSR count). The molecular weight excluding hydrogens is 316 g/mol.